The highest BCUT2D eigenvalue weighted by molar-refractivity contribution is 8.00. The van der Waals surface area contributed by atoms with Crippen LogP contribution in [0.5, 0.6) is 0 Å². The normalized spacial score (nSPS) is 12.5. The first-order chi connectivity index (χ1) is 10.2. The van der Waals surface area contributed by atoms with Gasteiger partial charge in [-0.3, -0.25) is 4.68 Å². The van der Waals surface area contributed by atoms with Crippen molar-refractivity contribution < 1.29 is 0 Å². The first kappa shape index (κ1) is 12.5. The van der Waals surface area contributed by atoms with E-state index in [2.05, 4.69) is 59.8 Å². The molecule has 0 saturated carbocycles. The molecule has 0 spiro atoms. The lowest BCUT2D eigenvalue weighted by Gasteiger charge is -2.22. The molecule has 0 amide bonds. The minimum Gasteiger partial charge on any atom is -0.354 e. The lowest BCUT2D eigenvalue weighted by molar-refractivity contribution is 0.740. The van der Waals surface area contributed by atoms with Gasteiger partial charge < -0.3 is 5.32 Å². The molecule has 0 fully saturated rings. The molecular formula is C17H15N3S. The topological polar surface area (TPSA) is 29.9 Å². The minimum absolute atomic E-state index is 1.17. The van der Waals surface area contributed by atoms with Crippen molar-refractivity contribution in [1.82, 2.24) is 9.78 Å². The number of nitrogens with zero attached hydrogens (tertiary/aromatic N) is 2. The van der Waals surface area contributed by atoms with Crippen LogP contribution in [0.25, 0.3) is 11.1 Å². The van der Waals surface area contributed by atoms with E-state index in [1.165, 1.54) is 38.0 Å². The van der Waals surface area contributed by atoms with Crippen LogP contribution in [0.4, 0.5) is 11.4 Å². The third-order valence-electron chi connectivity index (χ3n) is 3.91. The van der Waals surface area contributed by atoms with Gasteiger partial charge in [0.25, 0.3) is 0 Å². The molecule has 0 atom stereocenters. The van der Waals surface area contributed by atoms with Gasteiger partial charge in [-0.15, -0.1) is 0 Å². The zero-order valence-corrected chi connectivity index (χ0v) is 12.7. The molecule has 1 aliphatic rings. The molecule has 104 valence electrons. The highest BCUT2D eigenvalue weighted by Gasteiger charge is 2.20. The van der Waals surface area contributed by atoms with Crippen LogP contribution in [0.3, 0.4) is 0 Å². The lowest BCUT2D eigenvalue weighted by atomic mass is 10.1. The number of aryl methyl sites for hydroxylation is 1. The van der Waals surface area contributed by atoms with Gasteiger partial charge in [0, 0.05) is 33.7 Å². The number of hydrogen-bond donors (Lipinski definition) is 1. The fourth-order valence-electron chi connectivity index (χ4n) is 2.63. The maximum atomic E-state index is 4.37. The third kappa shape index (κ3) is 1.94. The van der Waals surface area contributed by atoms with E-state index in [1.54, 1.807) is 0 Å². The molecule has 1 aromatic heterocycles. The molecule has 0 saturated heterocycles. The molecule has 0 unspecified atom stereocenters. The van der Waals surface area contributed by atoms with E-state index in [0.29, 0.717) is 0 Å². The van der Waals surface area contributed by atoms with Gasteiger partial charge in [0.05, 0.1) is 17.6 Å². The largest absolute Gasteiger partial charge is 0.354 e. The summed E-state index contributed by atoms with van der Waals surface area (Å²) in [6.07, 6.45) is 1.95. The Hall–Kier alpha value is -2.20. The quantitative estimate of drug-likeness (QED) is 0.556. The summed E-state index contributed by atoms with van der Waals surface area (Å²) in [7, 11) is 1.98. The SMILES string of the molecule is Cc1c(-c2cccc3c2Sc2ccccc2N3)cnn1C. The van der Waals surface area contributed by atoms with Crippen molar-refractivity contribution in [1.29, 1.82) is 0 Å². The molecule has 21 heavy (non-hydrogen) atoms. The standard InChI is InChI=1S/C17H15N3S/c1-11-13(10-18-20(11)2)12-6-5-8-15-17(12)21-16-9-4-3-7-14(16)19-15/h3-10,19H,1-2H3. The summed E-state index contributed by atoms with van der Waals surface area (Å²) in [5, 5.41) is 7.90. The van der Waals surface area contributed by atoms with Crippen LogP contribution >= 0.6 is 11.8 Å². The van der Waals surface area contributed by atoms with Gasteiger partial charge in [-0.2, -0.15) is 5.10 Å². The van der Waals surface area contributed by atoms with Gasteiger partial charge in [0.1, 0.15) is 0 Å². The second-order valence-electron chi connectivity index (χ2n) is 5.17. The zero-order valence-electron chi connectivity index (χ0n) is 11.9. The van der Waals surface area contributed by atoms with E-state index in [9.17, 15) is 0 Å². The van der Waals surface area contributed by atoms with Crippen LogP contribution in [-0.4, -0.2) is 9.78 Å². The zero-order chi connectivity index (χ0) is 14.4. The van der Waals surface area contributed by atoms with Crippen molar-refractivity contribution in [2.45, 2.75) is 16.7 Å². The summed E-state index contributed by atoms with van der Waals surface area (Å²) < 4.78 is 1.92. The molecule has 4 rings (SSSR count). The maximum absolute atomic E-state index is 4.37. The van der Waals surface area contributed by atoms with Gasteiger partial charge in [-0.05, 0) is 25.1 Å². The van der Waals surface area contributed by atoms with Crippen molar-refractivity contribution in [2.24, 2.45) is 7.05 Å². The summed E-state index contributed by atoms with van der Waals surface area (Å²) in [5.74, 6) is 0. The third-order valence-corrected chi connectivity index (χ3v) is 5.13. The second-order valence-corrected chi connectivity index (χ2v) is 6.22. The van der Waals surface area contributed by atoms with Crippen LogP contribution in [0.1, 0.15) is 5.69 Å². The number of para-hydroxylation sites is 1. The number of benzene rings is 2. The van der Waals surface area contributed by atoms with Crippen LogP contribution in [0, 0.1) is 6.92 Å². The van der Waals surface area contributed by atoms with Crippen molar-refractivity contribution >= 4 is 23.1 Å². The Kier molecular flexibility index (Phi) is 2.79. The molecule has 1 N–H and O–H groups in total. The summed E-state index contributed by atoms with van der Waals surface area (Å²) in [6, 6.07) is 14.8. The number of rotatable bonds is 1. The maximum Gasteiger partial charge on any atom is 0.0571 e. The van der Waals surface area contributed by atoms with E-state index in [0.717, 1.165) is 0 Å². The Morgan fingerprint density at radius 2 is 1.81 bits per heavy atom. The van der Waals surface area contributed by atoms with Gasteiger partial charge in [0.15, 0.2) is 0 Å². The number of fused-ring (bicyclic) bond motifs is 2. The summed E-state index contributed by atoms with van der Waals surface area (Å²) in [6.45, 7) is 2.11. The first-order valence-corrected chi connectivity index (χ1v) is 7.71. The van der Waals surface area contributed by atoms with E-state index in [4.69, 9.17) is 0 Å². The van der Waals surface area contributed by atoms with Crippen molar-refractivity contribution in [3.63, 3.8) is 0 Å². The minimum atomic E-state index is 1.17. The monoisotopic (exact) mass is 293 g/mol. The van der Waals surface area contributed by atoms with E-state index in [-0.39, 0.29) is 0 Å². The predicted octanol–water partition coefficient (Wildman–Crippen LogP) is 4.60. The van der Waals surface area contributed by atoms with Gasteiger partial charge in [-0.1, -0.05) is 36.0 Å². The molecule has 0 aliphatic carbocycles. The number of hydrogen-bond acceptors (Lipinski definition) is 3. The van der Waals surface area contributed by atoms with Gasteiger partial charge >= 0.3 is 0 Å². The molecule has 3 nitrogen and oxygen atoms in total. The van der Waals surface area contributed by atoms with Crippen LogP contribution in [0.15, 0.2) is 58.5 Å². The lowest BCUT2D eigenvalue weighted by Crippen LogP contribution is -2.01. The molecule has 0 bridgehead atoms. The van der Waals surface area contributed by atoms with Gasteiger partial charge in [-0.25, -0.2) is 0 Å². The average Bonchev–Trinajstić information content (AvgIpc) is 2.84. The van der Waals surface area contributed by atoms with Crippen LogP contribution < -0.4 is 5.32 Å². The Morgan fingerprint density at radius 3 is 2.62 bits per heavy atom. The summed E-state index contributed by atoms with van der Waals surface area (Å²) in [4.78, 5) is 2.53. The molecule has 3 aromatic rings. The molecule has 2 aromatic carbocycles. The summed E-state index contributed by atoms with van der Waals surface area (Å²) in [5.41, 5.74) is 5.96. The fourth-order valence-corrected chi connectivity index (χ4v) is 3.75. The van der Waals surface area contributed by atoms with E-state index < -0.39 is 0 Å². The van der Waals surface area contributed by atoms with Crippen molar-refractivity contribution in [2.75, 3.05) is 5.32 Å². The predicted molar refractivity (Wildman–Crippen MR) is 87.2 cm³/mol. The van der Waals surface area contributed by atoms with E-state index in [1.807, 2.05) is 29.7 Å². The van der Waals surface area contributed by atoms with Crippen LogP contribution in [-0.2, 0) is 7.05 Å². The van der Waals surface area contributed by atoms with Crippen LogP contribution in [0.2, 0.25) is 0 Å². The highest BCUT2D eigenvalue weighted by Crippen LogP contribution is 2.48. The second kappa shape index (κ2) is 4.67. The highest BCUT2D eigenvalue weighted by atomic mass is 32.2. The number of anilines is 2. The molecular weight excluding hydrogens is 278 g/mol. The first-order valence-electron chi connectivity index (χ1n) is 6.90. The Labute approximate surface area is 128 Å². The molecule has 2 heterocycles. The average molecular weight is 293 g/mol. The van der Waals surface area contributed by atoms with Crippen molar-refractivity contribution in [3.8, 4) is 11.1 Å². The molecule has 0 radical (unpaired) electrons. The summed E-state index contributed by atoms with van der Waals surface area (Å²) >= 11 is 1.82. The number of aromatic nitrogens is 2. The van der Waals surface area contributed by atoms with Gasteiger partial charge in [0.2, 0.25) is 0 Å². The Morgan fingerprint density at radius 1 is 1.00 bits per heavy atom. The Bertz CT molecular complexity index is 836. The smallest absolute Gasteiger partial charge is 0.0571 e. The van der Waals surface area contributed by atoms with Crippen molar-refractivity contribution in [3.05, 3.63) is 54.4 Å². The fraction of sp³-hybridized carbons (Fsp3) is 0.118. The van der Waals surface area contributed by atoms with E-state index >= 15 is 0 Å². The Balaban J connectivity index is 1.89. The molecule has 1 aliphatic heterocycles. The molecule has 4 heteroatoms. The number of nitrogens with one attached hydrogen (secondary N) is 1.